The lowest BCUT2D eigenvalue weighted by Crippen LogP contribution is -2.08. The minimum atomic E-state index is -0.354. The van der Waals surface area contributed by atoms with E-state index in [1.165, 1.54) is 10.9 Å². The molecule has 0 aliphatic rings. The second kappa shape index (κ2) is 9.17. The molecule has 0 radical (unpaired) electrons. The molecule has 2 aromatic heterocycles. The largest absolute Gasteiger partial charge is 0.457 e. The average Bonchev–Trinajstić information content (AvgIpc) is 3.47. The molecule has 5 rings (SSSR count). The molecule has 5 aromatic rings. The standard InChI is InChI=1S/C26H18Cl2N4O2/c1-16-7-8-17(13-20(16)27)25-11-9-19(34-25)10-12-26(33)29-22-15-24-23(14-21(22)28)30-32(31-24)18-5-3-2-4-6-18/h2-15H,1H3,(H,29,33)/b12-10+. The van der Waals surface area contributed by atoms with Crippen LogP contribution in [0, 0.1) is 6.92 Å². The van der Waals surface area contributed by atoms with Crippen molar-refractivity contribution in [3.63, 3.8) is 0 Å². The fourth-order valence-electron chi connectivity index (χ4n) is 3.39. The first-order valence-corrected chi connectivity index (χ1v) is 11.2. The number of benzene rings is 3. The van der Waals surface area contributed by atoms with Crippen molar-refractivity contribution in [2.45, 2.75) is 6.92 Å². The Bertz CT molecular complexity index is 1540. The maximum Gasteiger partial charge on any atom is 0.248 e. The minimum absolute atomic E-state index is 0.354. The highest BCUT2D eigenvalue weighted by molar-refractivity contribution is 6.34. The van der Waals surface area contributed by atoms with Gasteiger partial charge in [0.1, 0.15) is 22.6 Å². The van der Waals surface area contributed by atoms with Crippen LogP contribution in [0.1, 0.15) is 11.3 Å². The van der Waals surface area contributed by atoms with Crippen LogP contribution in [0.3, 0.4) is 0 Å². The zero-order valence-electron chi connectivity index (χ0n) is 18.0. The molecule has 168 valence electrons. The SMILES string of the molecule is Cc1ccc(-c2ccc(/C=C/C(=O)Nc3cc4nn(-c5ccccc5)nc4cc3Cl)o2)cc1Cl. The third-order valence-electron chi connectivity index (χ3n) is 5.20. The molecule has 0 saturated carbocycles. The summed E-state index contributed by atoms with van der Waals surface area (Å²) in [6, 6.07) is 22.3. The van der Waals surface area contributed by atoms with E-state index in [0.717, 1.165) is 16.8 Å². The van der Waals surface area contributed by atoms with Gasteiger partial charge < -0.3 is 9.73 Å². The molecule has 0 unspecified atom stereocenters. The number of anilines is 1. The summed E-state index contributed by atoms with van der Waals surface area (Å²) in [6.07, 6.45) is 2.97. The molecule has 34 heavy (non-hydrogen) atoms. The Morgan fingerprint density at radius 3 is 2.47 bits per heavy atom. The molecule has 0 atom stereocenters. The van der Waals surface area contributed by atoms with Crippen LogP contribution in [0.15, 0.2) is 83.3 Å². The number of nitrogens with zero attached hydrogens (tertiary/aromatic N) is 3. The average molecular weight is 489 g/mol. The summed E-state index contributed by atoms with van der Waals surface area (Å²) in [4.78, 5) is 14.0. The first-order chi connectivity index (χ1) is 16.5. The van der Waals surface area contributed by atoms with Gasteiger partial charge in [0.15, 0.2) is 0 Å². The van der Waals surface area contributed by atoms with Crippen molar-refractivity contribution in [3.05, 3.63) is 100 Å². The predicted octanol–water partition coefficient (Wildman–Crippen LogP) is 6.95. The summed E-state index contributed by atoms with van der Waals surface area (Å²) >= 11 is 12.6. The first-order valence-electron chi connectivity index (χ1n) is 10.4. The Morgan fingerprint density at radius 2 is 1.71 bits per heavy atom. The number of rotatable bonds is 5. The zero-order chi connectivity index (χ0) is 23.7. The number of amides is 1. The van der Waals surface area contributed by atoms with Crippen molar-refractivity contribution < 1.29 is 9.21 Å². The fourth-order valence-corrected chi connectivity index (χ4v) is 3.77. The van der Waals surface area contributed by atoms with Crippen molar-refractivity contribution in [3.8, 4) is 17.0 Å². The van der Waals surface area contributed by atoms with Gasteiger partial charge in [0.2, 0.25) is 5.91 Å². The highest BCUT2D eigenvalue weighted by Gasteiger charge is 2.11. The van der Waals surface area contributed by atoms with Crippen LogP contribution in [0.5, 0.6) is 0 Å². The molecule has 1 N–H and O–H groups in total. The maximum absolute atomic E-state index is 12.5. The Morgan fingerprint density at radius 1 is 0.941 bits per heavy atom. The first kappa shape index (κ1) is 21.9. The van der Waals surface area contributed by atoms with Crippen molar-refractivity contribution in [1.82, 2.24) is 15.0 Å². The molecule has 0 aliphatic heterocycles. The van der Waals surface area contributed by atoms with Crippen molar-refractivity contribution in [2.75, 3.05) is 5.32 Å². The van der Waals surface area contributed by atoms with E-state index in [1.54, 1.807) is 24.3 Å². The summed E-state index contributed by atoms with van der Waals surface area (Å²) in [5.74, 6) is 0.846. The molecular formula is C26H18Cl2N4O2. The molecule has 0 spiro atoms. The third kappa shape index (κ3) is 4.59. The molecule has 3 aromatic carbocycles. The number of hydrogen-bond acceptors (Lipinski definition) is 4. The van der Waals surface area contributed by atoms with Gasteiger partial charge in [0, 0.05) is 16.7 Å². The van der Waals surface area contributed by atoms with Gasteiger partial charge in [-0.1, -0.05) is 53.5 Å². The number of carbonyl (C=O) groups excluding carboxylic acids is 1. The zero-order valence-corrected chi connectivity index (χ0v) is 19.5. The second-order valence-corrected chi connectivity index (χ2v) is 8.45. The summed E-state index contributed by atoms with van der Waals surface area (Å²) in [6.45, 7) is 1.94. The van der Waals surface area contributed by atoms with Crippen molar-refractivity contribution in [1.29, 1.82) is 0 Å². The Hall–Kier alpha value is -3.87. The number of halogens is 2. The maximum atomic E-state index is 12.5. The lowest BCUT2D eigenvalue weighted by Gasteiger charge is -2.04. The lowest BCUT2D eigenvalue weighted by molar-refractivity contribution is -0.111. The van der Waals surface area contributed by atoms with Gasteiger partial charge >= 0.3 is 0 Å². The highest BCUT2D eigenvalue weighted by atomic mass is 35.5. The number of fused-ring (bicyclic) bond motifs is 1. The molecule has 0 saturated heterocycles. The van der Waals surface area contributed by atoms with Crippen molar-refractivity contribution in [2.24, 2.45) is 0 Å². The van der Waals surface area contributed by atoms with Crippen LogP contribution >= 0.6 is 23.2 Å². The smallest absolute Gasteiger partial charge is 0.248 e. The monoisotopic (exact) mass is 488 g/mol. The Labute approximate surface area is 205 Å². The number of furan rings is 1. The Kier molecular flexibility index (Phi) is 5.92. The van der Waals surface area contributed by atoms with E-state index >= 15 is 0 Å². The van der Waals surface area contributed by atoms with Crippen LogP contribution < -0.4 is 5.32 Å². The lowest BCUT2D eigenvalue weighted by atomic mass is 10.1. The van der Waals surface area contributed by atoms with E-state index in [1.807, 2.05) is 61.5 Å². The van der Waals surface area contributed by atoms with Crippen LogP contribution in [-0.4, -0.2) is 20.9 Å². The van der Waals surface area contributed by atoms with Gasteiger partial charge in [-0.25, -0.2) is 0 Å². The quantitative estimate of drug-likeness (QED) is 0.271. The van der Waals surface area contributed by atoms with Crippen LogP contribution in [0.4, 0.5) is 5.69 Å². The van der Waals surface area contributed by atoms with Crippen LogP contribution in [0.25, 0.3) is 34.1 Å². The van der Waals surface area contributed by atoms with Gasteiger partial charge in [-0.3, -0.25) is 4.79 Å². The van der Waals surface area contributed by atoms with Gasteiger partial charge in [-0.05, 0) is 61.0 Å². The molecule has 1 amide bonds. The summed E-state index contributed by atoms with van der Waals surface area (Å²) in [7, 11) is 0. The van der Waals surface area contributed by atoms with Gasteiger partial charge in [-0.2, -0.15) is 4.80 Å². The summed E-state index contributed by atoms with van der Waals surface area (Å²) in [5, 5.41) is 12.7. The number of carbonyl (C=O) groups is 1. The van der Waals surface area contributed by atoms with E-state index in [4.69, 9.17) is 27.6 Å². The normalized spacial score (nSPS) is 11.4. The number of para-hydroxylation sites is 1. The summed E-state index contributed by atoms with van der Waals surface area (Å²) in [5.41, 5.74) is 4.37. The second-order valence-electron chi connectivity index (χ2n) is 7.63. The van der Waals surface area contributed by atoms with Crippen molar-refractivity contribution >= 4 is 51.9 Å². The molecular weight excluding hydrogens is 471 g/mol. The van der Waals surface area contributed by atoms with Gasteiger partial charge in [-0.15, -0.1) is 10.2 Å². The number of hydrogen-bond donors (Lipinski definition) is 1. The van der Waals surface area contributed by atoms with Gasteiger partial charge in [0.25, 0.3) is 0 Å². The van der Waals surface area contributed by atoms with E-state index < -0.39 is 0 Å². The summed E-state index contributed by atoms with van der Waals surface area (Å²) < 4.78 is 5.82. The van der Waals surface area contributed by atoms with E-state index in [2.05, 4.69) is 15.5 Å². The molecule has 0 bridgehead atoms. The molecule has 2 heterocycles. The molecule has 6 nitrogen and oxygen atoms in total. The molecule has 8 heteroatoms. The third-order valence-corrected chi connectivity index (χ3v) is 5.92. The number of aryl methyl sites for hydroxylation is 1. The molecule has 0 aliphatic carbocycles. The van der Waals surface area contributed by atoms with Crippen LogP contribution in [-0.2, 0) is 4.79 Å². The van der Waals surface area contributed by atoms with Gasteiger partial charge in [0.05, 0.1) is 16.4 Å². The van der Waals surface area contributed by atoms with Crippen LogP contribution in [0.2, 0.25) is 10.0 Å². The Balaban J connectivity index is 1.31. The highest BCUT2D eigenvalue weighted by Crippen LogP contribution is 2.28. The van der Waals surface area contributed by atoms with E-state index in [-0.39, 0.29) is 5.91 Å². The number of aromatic nitrogens is 3. The number of nitrogens with one attached hydrogen (secondary N) is 1. The van der Waals surface area contributed by atoms with E-state index in [0.29, 0.717) is 38.3 Å². The molecule has 0 fully saturated rings. The van der Waals surface area contributed by atoms with E-state index in [9.17, 15) is 4.79 Å². The predicted molar refractivity (Wildman–Crippen MR) is 135 cm³/mol. The fraction of sp³-hybridized carbons (Fsp3) is 0.0385. The topological polar surface area (TPSA) is 73.0 Å². The minimum Gasteiger partial charge on any atom is -0.457 e.